The highest BCUT2D eigenvalue weighted by atomic mass is 16.5. The molecule has 8 nitrogen and oxygen atoms in total. The van der Waals surface area contributed by atoms with Gasteiger partial charge in [-0.15, -0.1) is 0 Å². The van der Waals surface area contributed by atoms with Gasteiger partial charge in [0, 0.05) is 36.8 Å². The highest BCUT2D eigenvalue weighted by molar-refractivity contribution is 6.02. The maximum Gasteiger partial charge on any atom is 0.305 e. The number of amidine groups is 1. The SMILES string of the molecule is CCOc1ccc(C(CC(=O)O)N2CCC(CCCC3C=CC4=CCCNC4=N3)C2=O)cn1. The van der Waals surface area contributed by atoms with Crippen LogP contribution in [0.5, 0.6) is 5.88 Å². The molecule has 3 aliphatic rings. The highest BCUT2D eigenvalue weighted by Gasteiger charge is 2.37. The molecule has 0 spiro atoms. The number of ether oxygens (including phenoxy) is 1. The number of amides is 1. The van der Waals surface area contributed by atoms with Gasteiger partial charge in [0.2, 0.25) is 11.8 Å². The van der Waals surface area contributed by atoms with E-state index in [1.165, 1.54) is 5.57 Å². The van der Waals surface area contributed by atoms with Crippen LogP contribution in [0, 0.1) is 5.92 Å². The van der Waals surface area contributed by atoms with E-state index in [1.807, 2.05) is 13.0 Å². The van der Waals surface area contributed by atoms with E-state index >= 15 is 0 Å². The molecule has 0 bridgehead atoms. The zero-order valence-corrected chi connectivity index (χ0v) is 19.1. The van der Waals surface area contributed by atoms with Crippen LogP contribution in [-0.4, -0.2) is 58.4 Å². The molecule has 33 heavy (non-hydrogen) atoms. The van der Waals surface area contributed by atoms with E-state index in [4.69, 9.17) is 9.73 Å². The summed E-state index contributed by atoms with van der Waals surface area (Å²) in [4.78, 5) is 35.5. The molecule has 0 saturated carbocycles. The van der Waals surface area contributed by atoms with Gasteiger partial charge >= 0.3 is 5.97 Å². The number of nitrogens with zero attached hydrogens (tertiary/aromatic N) is 3. The number of pyridine rings is 1. The van der Waals surface area contributed by atoms with Gasteiger partial charge in [-0.2, -0.15) is 0 Å². The van der Waals surface area contributed by atoms with Gasteiger partial charge in [-0.3, -0.25) is 14.6 Å². The van der Waals surface area contributed by atoms with Gasteiger partial charge in [0.15, 0.2) is 0 Å². The Hall–Kier alpha value is -3.16. The molecule has 3 atom stereocenters. The molecule has 176 valence electrons. The molecule has 2 N–H and O–H groups in total. The minimum absolute atomic E-state index is 0.0415. The van der Waals surface area contributed by atoms with Crippen LogP contribution in [0.15, 0.2) is 47.1 Å². The molecule has 0 radical (unpaired) electrons. The van der Waals surface area contributed by atoms with Gasteiger partial charge in [-0.05, 0) is 38.2 Å². The van der Waals surface area contributed by atoms with Crippen molar-refractivity contribution in [3.05, 3.63) is 47.7 Å². The van der Waals surface area contributed by atoms with Crippen molar-refractivity contribution in [2.45, 2.75) is 57.5 Å². The average Bonchev–Trinajstić information content (AvgIpc) is 3.18. The summed E-state index contributed by atoms with van der Waals surface area (Å²) in [5.74, 6) is 0.517. The molecular weight excluding hydrogens is 420 g/mol. The van der Waals surface area contributed by atoms with Gasteiger partial charge in [0.25, 0.3) is 0 Å². The monoisotopic (exact) mass is 452 g/mol. The van der Waals surface area contributed by atoms with Crippen molar-refractivity contribution in [3.63, 3.8) is 0 Å². The number of hydrogen-bond acceptors (Lipinski definition) is 6. The first-order valence-corrected chi connectivity index (χ1v) is 11.9. The Morgan fingerprint density at radius 2 is 2.24 bits per heavy atom. The first-order chi connectivity index (χ1) is 16.0. The van der Waals surface area contributed by atoms with E-state index in [2.05, 4.69) is 28.5 Å². The van der Waals surface area contributed by atoms with Crippen LogP contribution in [0.1, 0.15) is 57.1 Å². The minimum atomic E-state index is -0.932. The van der Waals surface area contributed by atoms with E-state index in [1.54, 1.807) is 17.2 Å². The number of nitrogens with one attached hydrogen (secondary N) is 1. The van der Waals surface area contributed by atoms with Crippen molar-refractivity contribution >= 4 is 17.7 Å². The summed E-state index contributed by atoms with van der Waals surface area (Å²) in [6.07, 6.45) is 12.4. The molecule has 1 amide bonds. The standard InChI is InChI=1S/C25H32N4O4/c1-2-33-22-11-9-19(16-27-22)21(15-23(30)31)29-14-12-18(25(29)32)5-3-7-20-10-8-17-6-4-13-26-24(17)28-20/h6,8-11,16,18,20-21H,2-5,7,12-15H2,1H3,(H,26,28)(H,30,31). The van der Waals surface area contributed by atoms with Crippen LogP contribution in [0.25, 0.3) is 0 Å². The van der Waals surface area contributed by atoms with E-state index < -0.39 is 12.0 Å². The van der Waals surface area contributed by atoms with Crippen molar-refractivity contribution in [2.24, 2.45) is 10.9 Å². The van der Waals surface area contributed by atoms with Gasteiger partial charge in [-0.25, -0.2) is 4.98 Å². The third-order valence-electron chi connectivity index (χ3n) is 6.45. The minimum Gasteiger partial charge on any atom is -0.481 e. The number of dihydropyridines is 1. The van der Waals surface area contributed by atoms with Gasteiger partial charge in [0.05, 0.1) is 25.1 Å². The lowest BCUT2D eigenvalue weighted by molar-refractivity contribution is -0.140. The number of carboxylic acid groups (broad SMARTS) is 1. The van der Waals surface area contributed by atoms with Crippen molar-refractivity contribution in [1.82, 2.24) is 15.2 Å². The zero-order valence-electron chi connectivity index (χ0n) is 19.1. The second kappa shape index (κ2) is 10.6. The number of rotatable bonds is 10. The lowest BCUT2D eigenvalue weighted by atomic mass is 9.96. The zero-order chi connectivity index (χ0) is 23.2. The van der Waals surface area contributed by atoms with Crippen molar-refractivity contribution in [2.75, 3.05) is 19.7 Å². The number of aromatic nitrogens is 1. The number of carboxylic acids is 1. The molecule has 8 heteroatoms. The largest absolute Gasteiger partial charge is 0.481 e. The third kappa shape index (κ3) is 5.61. The summed E-state index contributed by atoms with van der Waals surface area (Å²) in [6, 6.07) is 3.17. The molecule has 1 aromatic rings. The number of fused-ring (bicyclic) bond motifs is 1. The summed E-state index contributed by atoms with van der Waals surface area (Å²) in [5.41, 5.74) is 1.90. The van der Waals surface area contributed by atoms with E-state index in [0.717, 1.165) is 50.0 Å². The third-order valence-corrected chi connectivity index (χ3v) is 6.45. The summed E-state index contributed by atoms with van der Waals surface area (Å²) < 4.78 is 5.38. The molecule has 3 unspecified atom stereocenters. The number of likely N-dealkylation sites (tertiary alicyclic amines) is 1. The Balaban J connectivity index is 1.34. The molecule has 0 aliphatic carbocycles. The maximum atomic E-state index is 13.2. The summed E-state index contributed by atoms with van der Waals surface area (Å²) in [6.45, 7) is 3.88. The normalized spacial score (nSPS) is 22.8. The Bertz CT molecular complexity index is 954. The molecular formula is C25H32N4O4. The first kappa shape index (κ1) is 23.0. The number of carbonyl (C=O) groups is 2. The fraction of sp³-hybridized carbons (Fsp3) is 0.520. The van der Waals surface area contributed by atoms with E-state index in [0.29, 0.717) is 19.0 Å². The second-order valence-corrected chi connectivity index (χ2v) is 8.70. The van der Waals surface area contributed by atoms with Crippen LogP contribution in [-0.2, 0) is 9.59 Å². The smallest absolute Gasteiger partial charge is 0.305 e. The van der Waals surface area contributed by atoms with Crippen LogP contribution in [0.4, 0.5) is 0 Å². The second-order valence-electron chi connectivity index (χ2n) is 8.70. The fourth-order valence-corrected chi connectivity index (χ4v) is 4.78. The highest BCUT2D eigenvalue weighted by Crippen LogP contribution is 2.34. The number of aliphatic carboxylic acids is 1. The Labute approximate surface area is 194 Å². The fourth-order valence-electron chi connectivity index (χ4n) is 4.78. The quantitative estimate of drug-likeness (QED) is 0.565. The molecule has 1 saturated heterocycles. The Morgan fingerprint density at radius 3 is 3.00 bits per heavy atom. The van der Waals surface area contributed by atoms with Crippen LogP contribution < -0.4 is 10.1 Å². The Morgan fingerprint density at radius 1 is 1.36 bits per heavy atom. The maximum absolute atomic E-state index is 13.2. The number of aliphatic imine (C=N–C) groups is 1. The molecule has 4 heterocycles. The molecule has 0 aromatic carbocycles. The van der Waals surface area contributed by atoms with E-state index in [9.17, 15) is 14.7 Å². The van der Waals surface area contributed by atoms with Crippen LogP contribution in [0.3, 0.4) is 0 Å². The van der Waals surface area contributed by atoms with Crippen LogP contribution in [0.2, 0.25) is 0 Å². The topological polar surface area (TPSA) is 104 Å². The first-order valence-electron chi connectivity index (χ1n) is 11.9. The summed E-state index contributed by atoms with van der Waals surface area (Å²) in [5, 5.41) is 12.8. The van der Waals surface area contributed by atoms with Gasteiger partial charge < -0.3 is 20.1 Å². The van der Waals surface area contributed by atoms with Crippen LogP contribution >= 0.6 is 0 Å². The molecule has 1 fully saturated rings. The van der Waals surface area contributed by atoms with Crippen molar-refractivity contribution in [1.29, 1.82) is 0 Å². The summed E-state index contributed by atoms with van der Waals surface area (Å²) >= 11 is 0. The van der Waals surface area contributed by atoms with E-state index in [-0.39, 0.29) is 24.3 Å². The van der Waals surface area contributed by atoms with Gasteiger partial charge in [-0.1, -0.05) is 30.7 Å². The molecule has 1 aromatic heterocycles. The predicted molar refractivity (Wildman–Crippen MR) is 125 cm³/mol. The number of hydrogen-bond donors (Lipinski definition) is 2. The van der Waals surface area contributed by atoms with Crippen molar-refractivity contribution < 1.29 is 19.4 Å². The lowest BCUT2D eigenvalue weighted by Gasteiger charge is -2.27. The molecule has 3 aliphatic heterocycles. The average molecular weight is 453 g/mol. The number of carbonyl (C=O) groups excluding carboxylic acids is 1. The summed E-state index contributed by atoms with van der Waals surface area (Å²) in [7, 11) is 0. The molecule has 4 rings (SSSR count). The lowest BCUT2D eigenvalue weighted by Crippen LogP contribution is -2.33. The van der Waals surface area contributed by atoms with Crippen molar-refractivity contribution in [3.8, 4) is 5.88 Å². The van der Waals surface area contributed by atoms with Gasteiger partial charge in [0.1, 0.15) is 5.84 Å². The predicted octanol–water partition coefficient (Wildman–Crippen LogP) is 3.27. The Kier molecular flexibility index (Phi) is 7.42.